The van der Waals surface area contributed by atoms with Crippen molar-refractivity contribution in [2.45, 2.75) is 139 Å². The van der Waals surface area contributed by atoms with E-state index < -0.39 is 0 Å². The Bertz CT molecular complexity index is 1340. The molecule has 0 bridgehead atoms. The lowest BCUT2D eigenvalue weighted by Gasteiger charge is -2.26. The van der Waals surface area contributed by atoms with Crippen LogP contribution in [0.2, 0.25) is 0 Å². The number of rotatable bonds is 13. The van der Waals surface area contributed by atoms with Crippen LogP contribution in [0.25, 0.3) is 5.57 Å². The summed E-state index contributed by atoms with van der Waals surface area (Å²) in [5.41, 5.74) is 13.9. The SMILES string of the molecule is C=C(CC)C(=C\C=C/C(C)CC)/C(=C(\C)CCC)c1c(C)ccc2c1C1CC1CC2.CCCCO.CCc1ccc(F)c(CC)c1. The van der Waals surface area contributed by atoms with E-state index in [0.29, 0.717) is 12.5 Å². The van der Waals surface area contributed by atoms with Gasteiger partial charge in [0, 0.05) is 6.61 Å². The topological polar surface area (TPSA) is 20.2 Å². The molecule has 0 heterocycles. The standard InChI is InChI=1S/C30H42.C10H13F.C4H10O/c1-8-12-22(6)28(26(21(5)10-3)14-11-13-20(4)9-2)29-23(7)15-16-24-17-18-25-19-27(25)30(24)29;1-3-8-5-6-10(11)9(4-2)7-8;1-2-3-4-5/h11,13-16,20,25,27H,5,8-10,12,17-19H2,1-4,6-7H3;5-7H,3-4H2,1-2H3;5H,2-4H2,1H3/b13-11-,26-14+,28-22-;;. The van der Waals surface area contributed by atoms with E-state index in [2.05, 4.69) is 92.3 Å². The van der Waals surface area contributed by atoms with Crippen molar-refractivity contribution in [1.82, 2.24) is 0 Å². The molecule has 2 aliphatic rings. The summed E-state index contributed by atoms with van der Waals surface area (Å²) in [4.78, 5) is 0. The number of hydrogen-bond acceptors (Lipinski definition) is 1. The molecule has 0 spiro atoms. The minimum absolute atomic E-state index is 0.0790. The Morgan fingerprint density at radius 1 is 1.04 bits per heavy atom. The van der Waals surface area contributed by atoms with Crippen molar-refractivity contribution in [2.24, 2.45) is 11.8 Å². The van der Waals surface area contributed by atoms with Crippen LogP contribution in [0, 0.1) is 24.6 Å². The van der Waals surface area contributed by atoms with Gasteiger partial charge in [-0.2, -0.15) is 0 Å². The van der Waals surface area contributed by atoms with E-state index in [1.165, 1.54) is 65.5 Å². The summed E-state index contributed by atoms with van der Waals surface area (Å²) >= 11 is 0. The zero-order valence-electron chi connectivity index (χ0n) is 30.9. The number of aliphatic hydroxyl groups is 1. The lowest BCUT2D eigenvalue weighted by molar-refractivity contribution is 0.287. The number of allylic oxidation sites excluding steroid dienone is 7. The number of fused-ring (bicyclic) bond motifs is 3. The summed E-state index contributed by atoms with van der Waals surface area (Å²) in [6.45, 7) is 24.7. The van der Waals surface area contributed by atoms with Gasteiger partial charge in [0.1, 0.15) is 5.82 Å². The second kappa shape index (κ2) is 20.5. The van der Waals surface area contributed by atoms with Crippen molar-refractivity contribution < 1.29 is 9.50 Å². The van der Waals surface area contributed by atoms with Gasteiger partial charge in [0.25, 0.3) is 0 Å². The van der Waals surface area contributed by atoms with E-state index in [4.69, 9.17) is 5.11 Å². The van der Waals surface area contributed by atoms with Gasteiger partial charge in [-0.15, -0.1) is 0 Å². The smallest absolute Gasteiger partial charge is 0.126 e. The predicted molar refractivity (Wildman–Crippen MR) is 201 cm³/mol. The maximum absolute atomic E-state index is 12.9. The third-order valence-corrected chi connectivity index (χ3v) is 9.76. The second-order valence-corrected chi connectivity index (χ2v) is 13.4. The summed E-state index contributed by atoms with van der Waals surface area (Å²) in [7, 11) is 0. The Balaban J connectivity index is 0.000000378. The fourth-order valence-corrected chi connectivity index (χ4v) is 6.41. The predicted octanol–water partition coefficient (Wildman–Crippen LogP) is 12.8. The number of halogens is 1. The van der Waals surface area contributed by atoms with Crippen LogP contribution >= 0.6 is 0 Å². The molecule has 3 atom stereocenters. The molecular weight excluding hydrogens is 563 g/mol. The highest BCUT2D eigenvalue weighted by Gasteiger charge is 2.44. The lowest BCUT2D eigenvalue weighted by atomic mass is 9.78. The molecule has 0 saturated heterocycles. The van der Waals surface area contributed by atoms with Crippen LogP contribution in [0.5, 0.6) is 0 Å². The molecule has 1 nitrogen and oxygen atoms in total. The number of hydrogen-bond donors (Lipinski definition) is 1. The molecule has 1 saturated carbocycles. The molecule has 254 valence electrons. The maximum Gasteiger partial charge on any atom is 0.126 e. The monoisotopic (exact) mass is 629 g/mol. The van der Waals surface area contributed by atoms with E-state index in [1.807, 2.05) is 19.1 Å². The molecule has 0 amide bonds. The minimum atomic E-state index is -0.0790. The van der Waals surface area contributed by atoms with Crippen LogP contribution in [0.15, 0.2) is 71.9 Å². The Morgan fingerprint density at radius 2 is 1.78 bits per heavy atom. The highest BCUT2D eigenvalue weighted by molar-refractivity contribution is 5.89. The van der Waals surface area contributed by atoms with E-state index in [9.17, 15) is 4.39 Å². The van der Waals surface area contributed by atoms with Crippen molar-refractivity contribution in [3.63, 3.8) is 0 Å². The summed E-state index contributed by atoms with van der Waals surface area (Å²) in [5, 5.41) is 8.07. The van der Waals surface area contributed by atoms with Crippen LogP contribution in [-0.2, 0) is 19.3 Å². The maximum atomic E-state index is 12.9. The first kappa shape index (κ1) is 39.5. The molecule has 1 N–H and O–H groups in total. The van der Waals surface area contributed by atoms with Gasteiger partial charge >= 0.3 is 0 Å². The lowest BCUT2D eigenvalue weighted by Crippen LogP contribution is -2.09. The molecule has 0 radical (unpaired) electrons. The molecule has 1 fully saturated rings. The summed E-state index contributed by atoms with van der Waals surface area (Å²) in [5.74, 6) is 2.25. The Labute approximate surface area is 282 Å². The highest BCUT2D eigenvalue weighted by atomic mass is 19.1. The number of benzene rings is 2. The van der Waals surface area contributed by atoms with Gasteiger partial charge < -0.3 is 5.11 Å². The average Bonchev–Trinajstić information content (AvgIpc) is 3.86. The third kappa shape index (κ3) is 11.2. The molecule has 46 heavy (non-hydrogen) atoms. The van der Waals surface area contributed by atoms with Gasteiger partial charge in [0.05, 0.1) is 0 Å². The third-order valence-electron chi connectivity index (χ3n) is 9.76. The molecule has 2 aromatic rings. The van der Waals surface area contributed by atoms with Crippen molar-refractivity contribution in [3.8, 4) is 0 Å². The average molecular weight is 629 g/mol. The first-order valence-corrected chi connectivity index (χ1v) is 18.4. The van der Waals surface area contributed by atoms with E-state index in [1.54, 1.807) is 22.8 Å². The zero-order valence-corrected chi connectivity index (χ0v) is 30.9. The van der Waals surface area contributed by atoms with E-state index >= 15 is 0 Å². The van der Waals surface area contributed by atoms with Crippen molar-refractivity contribution in [1.29, 1.82) is 0 Å². The highest BCUT2D eigenvalue weighted by Crippen LogP contribution is 2.57. The molecule has 0 aromatic heterocycles. The van der Waals surface area contributed by atoms with Crippen molar-refractivity contribution in [3.05, 3.63) is 111 Å². The van der Waals surface area contributed by atoms with E-state index in [-0.39, 0.29) is 5.82 Å². The molecule has 0 aliphatic heterocycles. The normalized spacial score (nSPS) is 17.9. The Kier molecular flexibility index (Phi) is 17.6. The molecule has 4 rings (SSSR count). The number of unbranched alkanes of at least 4 members (excludes halogenated alkanes) is 1. The fourth-order valence-electron chi connectivity index (χ4n) is 6.41. The van der Waals surface area contributed by atoms with Crippen LogP contribution in [0.1, 0.15) is 146 Å². The first-order chi connectivity index (χ1) is 22.1. The fraction of sp³-hybridized carbons (Fsp3) is 0.545. The van der Waals surface area contributed by atoms with Gasteiger partial charge in [0.15, 0.2) is 0 Å². The van der Waals surface area contributed by atoms with E-state index in [0.717, 1.165) is 55.9 Å². The first-order valence-electron chi connectivity index (χ1n) is 18.4. The summed E-state index contributed by atoms with van der Waals surface area (Å²) in [6, 6.07) is 10.1. The minimum Gasteiger partial charge on any atom is -0.396 e. The van der Waals surface area contributed by atoms with Crippen LogP contribution in [0.4, 0.5) is 4.39 Å². The molecular formula is C44H65FO. The Hall–Kier alpha value is -2.71. The van der Waals surface area contributed by atoms with Gasteiger partial charge in [-0.05, 0) is 139 Å². The van der Waals surface area contributed by atoms with Gasteiger partial charge in [0.2, 0.25) is 0 Å². The van der Waals surface area contributed by atoms with Crippen LogP contribution in [0.3, 0.4) is 0 Å². The quantitative estimate of drug-likeness (QED) is 0.219. The van der Waals surface area contributed by atoms with Gasteiger partial charge in [-0.25, -0.2) is 4.39 Å². The van der Waals surface area contributed by atoms with Gasteiger partial charge in [-0.1, -0.05) is 122 Å². The zero-order chi connectivity index (χ0) is 34.2. The van der Waals surface area contributed by atoms with Crippen LogP contribution in [-0.4, -0.2) is 11.7 Å². The van der Waals surface area contributed by atoms with Crippen molar-refractivity contribution in [2.75, 3.05) is 6.61 Å². The molecule has 2 aliphatic carbocycles. The van der Waals surface area contributed by atoms with Crippen LogP contribution < -0.4 is 0 Å². The molecule has 2 aromatic carbocycles. The second-order valence-electron chi connectivity index (χ2n) is 13.4. The molecule has 3 unspecified atom stereocenters. The molecule has 2 heteroatoms. The number of aliphatic hydroxyl groups excluding tert-OH is 1. The van der Waals surface area contributed by atoms with Gasteiger partial charge in [-0.3, -0.25) is 0 Å². The Morgan fingerprint density at radius 3 is 2.35 bits per heavy atom. The summed E-state index contributed by atoms with van der Waals surface area (Å²) < 4.78 is 12.9. The summed E-state index contributed by atoms with van der Waals surface area (Å²) in [6.07, 6.45) is 19.3. The largest absolute Gasteiger partial charge is 0.396 e. The number of aryl methyl sites for hydroxylation is 4. The van der Waals surface area contributed by atoms with Crippen molar-refractivity contribution >= 4 is 5.57 Å².